The zero-order chi connectivity index (χ0) is 13.8. The Labute approximate surface area is 117 Å². The number of nitrogens with one attached hydrogen (secondary N) is 1. The predicted molar refractivity (Wildman–Crippen MR) is 80.9 cm³/mol. The topological polar surface area (TPSA) is 24.5 Å². The van der Waals surface area contributed by atoms with Crippen LogP contribution in [0.3, 0.4) is 0 Å². The van der Waals surface area contributed by atoms with E-state index in [0.29, 0.717) is 18.1 Å². The number of thiocarbonyl (C=S) groups is 1. The van der Waals surface area contributed by atoms with E-state index < -0.39 is 0 Å². The molecular weight excluding hydrogens is 244 g/mol. The second-order valence-corrected chi connectivity index (χ2v) is 6.70. The van der Waals surface area contributed by atoms with Gasteiger partial charge in [-0.15, -0.1) is 0 Å². The Morgan fingerprint density at radius 1 is 1.44 bits per heavy atom. The van der Waals surface area contributed by atoms with Crippen molar-refractivity contribution in [3.63, 3.8) is 0 Å². The van der Waals surface area contributed by atoms with E-state index >= 15 is 0 Å². The lowest BCUT2D eigenvalue weighted by Crippen LogP contribution is -2.48. The van der Waals surface area contributed by atoms with E-state index in [9.17, 15) is 0 Å². The van der Waals surface area contributed by atoms with Crippen LogP contribution in [0.25, 0.3) is 0 Å². The normalized spacial score (nSPS) is 21.4. The highest BCUT2D eigenvalue weighted by Crippen LogP contribution is 2.36. The van der Waals surface area contributed by atoms with Gasteiger partial charge in [0, 0.05) is 26.2 Å². The molecule has 106 valence electrons. The average molecular weight is 272 g/mol. The van der Waals surface area contributed by atoms with Gasteiger partial charge in [0.15, 0.2) is 5.11 Å². The Morgan fingerprint density at radius 3 is 2.50 bits per heavy atom. The van der Waals surface area contributed by atoms with Crippen molar-refractivity contribution in [3.8, 4) is 0 Å². The lowest BCUT2D eigenvalue weighted by molar-refractivity contribution is 0.161. The van der Waals surface area contributed by atoms with Gasteiger partial charge in [0.05, 0.1) is 6.61 Å². The zero-order valence-corrected chi connectivity index (χ0v) is 13.3. The van der Waals surface area contributed by atoms with Crippen LogP contribution >= 0.6 is 12.2 Å². The fourth-order valence-electron chi connectivity index (χ4n) is 2.54. The van der Waals surface area contributed by atoms with Crippen LogP contribution in [-0.4, -0.2) is 42.9 Å². The largest absolute Gasteiger partial charge is 0.383 e. The van der Waals surface area contributed by atoms with Gasteiger partial charge in [0.1, 0.15) is 0 Å². The molecule has 0 bridgehead atoms. The minimum absolute atomic E-state index is 0.269. The molecule has 1 fully saturated rings. The van der Waals surface area contributed by atoms with Crippen LogP contribution in [0.1, 0.15) is 46.5 Å². The van der Waals surface area contributed by atoms with E-state index in [1.54, 1.807) is 7.11 Å². The van der Waals surface area contributed by atoms with Crippen molar-refractivity contribution in [1.82, 2.24) is 10.2 Å². The summed E-state index contributed by atoms with van der Waals surface area (Å²) in [6.45, 7) is 7.50. The van der Waals surface area contributed by atoms with Crippen molar-refractivity contribution >= 4 is 17.3 Å². The average Bonchev–Trinajstić information content (AvgIpc) is 2.28. The number of ether oxygens (including phenoxy) is 1. The molecule has 0 amide bonds. The number of hydrogen-bond donors (Lipinski definition) is 1. The van der Waals surface area contributed by atoms with Crippen LogP contribution in [0.15, 0.2) is 0 Å². The molecule has 1 atom stereocenters. The standard InChI is InChI=1S/C14H28N2OS/c1-11(10-17-5)15-13(18)16(4)12-6-8-14(2,3)9-7-12/h11-12H,6-10H2,1-5H3,(H,15,18). The van der Waals surface area contributed by atoms with Gasteiger partial charge in [0.2, 0.25) is 0 Å². The fourth-order valence-corrected chi connectivity index (χ4v) is 2.89. The SMILES string of the molecule is COCC(C)NC(=S)N(C)C1CCC(C)(C)CC1. The monoisotopic (exact) mass is 272 g/mol. The molecule has 1 aliphatic carbocycles. The number of hydrogen-bond acceptors (Lipinski definition) is 2. The predicted octanol–water partition coefficient (Wildman–Crippen LogP) is 2.80. The first kappa shape index (κ1) is 15.7. The maximum atomic E-state index is 5.46. The van der Waals surface area contributed by atoms with Crippen molar-refractivity contribution in [3.05, 3.63) is 0 Å². The maximum absolute atomic E-state index is 5.46. The third-order valence-electron chi connectivity index (χ3n) is 3.96. The lowest BCUT2D eigenvalue weighted by atomic mass is 9.75. The Balaban J connectivity index is 2.40. The quantitative estimate of drug-likeness (QED) is 0.795. The molecule has 1 rings (SSSR count). The maximum Gasteiger partial charge on any atom is 0.169 e. The van der Waals surface area contributed by atoms with Crippen molar-refractivity contribution in [1.29, 1.82) is 0 Å². The summed E-state index contributed by atoms with van der Waals surface area (Å²) in [5, 5.41) is 4.18. The van der Waals surface area contributed by atoms with Crippen LogP contribution < -0.4 is 5.32 Å². The summed E-state index contributed by atoms with van der Waals surface area (Å²) in [6, 6.07) is 0.859. The molecule has 0 aromatic heterocycles. The summed E-state index contributed by atoms with van der Waals surface area (Å²) >= 11 is 5.46. The first-order valence-corrected chi connectivity index (χ1v) is 7.29. The highest BCUT2D eigenvalue weighted by molar-refractivity contribution is 7.80. The Kier molecular flexibility index (Phi) is 5.86. The van der Waals surface area contributed by atoms with Gasteiger partial charge in [-0.2, -0.15) is 0 Å². The van der Waals surface area contributed by atoms with Crippen LogP contribution in [0.2, 0.25) is 0 Å². The Morgan fingerprint density at radius 2 is 2.00 bits per heavy atom. The molecule has 0 saturated heterocycles. The molecule has 1 unspecified atom stereocenters. The van der Waals surface area contributed by atoms with Gasteiger partial charge >= 0.3 is 0 Å². The third kappa shape index (κ3) is 4.73. The molecule has 18 heavy (non-hydrogen) atoms. The number of methoxy groups -OCH3 is 1. The Bertz CT molecular complexity index is 271. The van der Waals surface area contributed by atoms with Crippen molar-refractivity contribution in [2.24, 2.45) is 5.41 Å². The minimum Gasteiger partial charge on any atom is -0.383 e. The molecule has 0 radical (unpaired) electrons. The molecule has 0 aromatic carbocycles. The van der Waals surface area contributed by atoms with Crippen LogP contribution in [0.5, 0.6) is 0 Å². The van der Waals surface area contributed by atoms with Gasteiger partial charge in [-0.25, -0.2) is 0 Å². The van der Waals surface area contributed by atoms with E-state index in [-0.39, 0.29) is 6.04 Å². The highest BCUT2D eigenvalue weighted by atomic mass is 32.1. The second kappa shape index (κ2) is 6.71. The van der Waals surface area contributed by atoms with E-state index in [2.05, 4.69) is 38.0 Å². The van der Waals surface area contributed by atoms with Crippen LogP contribution in [0.4, 0.5) is 0 Å². The first-order valence-electron chi connectivity index (χ1n) is 6.88. The number of rotatable bonds is 4. The minimum atomic E-state index is 0.269. The number of nitrogens with zero attached hydrogens (tertiary/aromatic N) is 1. The molecule has 0 aliphatic heterocycles. The summed E-state index contributed by atoms with van der Waals surface area (Å²) in [7, 11) is 3.83. The summed E-state index contributed by atoms with van der Waals surface area (Å²) in [6.07, 6.45) is 5.06. The molecular formula is C14H28N2OS. The van der Waals surface area contributed by atoms with Crippen LogP contribution in [0, 0.1) is 5.41 Å². The third-order valence-corrected chi connectivity index (χ3v) is 4.37. The van der Waals surface area contributed by atoms with E-state index in [1.807, 2.05) is 0 Å². The molecule has 0 aromatic rings. The van der Waals surface area contributed by atoms with Gasteiger partial charge in [-0.1, -0.05) is 13.8 Å². The molecule has 3 nitrogen and oxygen atoms in total. The molecule has 4 heteroatoms. The summed E-state index contributed by atoms with van der Waals surface area (Å²) in [5.41, 5.74) is 0.510. The van der Waals surface area contributed by atoms with Gasteiger partial charge in [-0.3, -0.25) is 0 Å². The second-order valence-electron chi connectivity index (χ2n) is 6.31. The van der Waals surface area contributed by atoms with Gasteiger partial charge in [0.25, 0.3) is 0 Å². The lowest BCUT2D eigenvalue weighted by Gasteiger charge is -2.40. The smallest absolute Gasteiger partial charge is 0.169 e. The fraction of sp³-hybridized carbons (Fsp3) is 0.929. The molecule has 1 N–H and O–H groups in total. The summed E-state index contributed by atoms with van der Waals surface area (Å²) < 4.78 is 5.12. The van der Waals surface area contributed by atoms with Gasteiger partial charge < -0.3 is 15.0 Å². The molecule has 1 saturated carbocycles. The van der Waals surface area contributed by atoms with E-state index in [1.165, 1.54) is 25.7 Å². The molecule has 0 spiro atoms. The highest BCUT2D eigenvalue weighted by Gasteiger charge is 2.29. The summed E-state index contributed by atoms with van der Waals surface area (Å²) in [5.74, 6) is 0. The first-order chi connectivity index (χ1) is 8.35. The summed E-state index contributed by atoms with van der Waals surface area (Å²) in [4.78, 5) is 2.23. The molecule has 0 heterocycles. The zero-order valence-electron chi connectivity index (χ0n) is 12.5. The molecule has 1 aliphatic rings. The van der Waals surface area contributed by atoms with Crippen LogP contribution in [-0.2, 0) is 4.74 Å². The van der Waals surface area contributed by atoms with E-state index in [0.717, 1.165) is 5.11 Å². The van der Waals surface area contributed by atoms with Crippen molar-refractivity contribution in [2.75, 3.05) is 20.8 Å². The Hall–Kier alpha value is -0.350. The van der Waals surface area contributed by atoms with Crippen molar-refractivity contribution in [2.45, 2.75) is 58.5 Å². The van der Waals surface area contributed by atoms with Gasteiger partial charge in [-0.05, 0) is 50.2 Å². The van der Waals surface area contributed by atoms with E-state index in [4.69, 9.17) is 17.0 Å². The van der Waals surface area contributed by atoms with Crippen molar-refractivity contribution < 1.29 is 4.74 Å².